The predicted octanol–water partition coefficient (Wildman–Crippen LogP) is 2.08. The van der Waals surface area contributed by atoms with Gasteiger partial charge in [-0.05, 0) is 44.4 Å². The van der Waals surface area contributed by atoms with Gasteiger partial charge in [-0.1, -0.05) is 18.2 Å². The molecule has 0 spiro atoms. The van der Waals surface area contributed by atoms with Gasteiger partial charge in [0.25, 0.3) is 0 Å². The topological polar surface area (TPSA) is 38.5 Å². The fourth-order valence-corrected chi connectivity index (χ4v) is 2.32. The van der Waals surface area contributed by atoms with Gasteiger partial charge in [0.15, 0.2) is 0 Å². The Morgan fingerprint density at radius 2 is 1.94 bits per heavy atom. The molecule has 1 aromatic carbocycles. The molecule has 1 aromatic rings. The van der Waals surface area contributed by atoms with Crippen LogP contribution in [0.5, 0.6) is 5.75 Å². The molecule has 1 saturated heterocycles. The lowest BCUT2D eigenvalue weighted by Crippen LogP contribution is -2.43. The van der Waals surface area contributed by atoms with E-state index in [4.69, 9.17) is 10.5 Å². The second kappa shape index (κ2) is 6.03. The highest BCUT2D eigenvalue weighted by Crippen LogP contribution is 2.20. The number of para-hydroxylation sites is 1. The third-order valence-corrected chi connectivity index (χ3v) is 3.55. The minimum Gasteiger partial charge on any atom is -0.475 e. The van der Waals surface area contributed by atoms with Crippen LogP contribution in [0.25, 0.3) is 0 Å². The zero-order valence-electron chi connectivity index (χ0n) is 10.5. The minimum atomic E-state index is 0.149. The third-order valence-electron chi connectivity index (χ3n) is 3.55. The van der Waals surface area contributed by atoms with E-state index in [1.807, 2.05) is 30.3 Å². The highest BCUT2D eigenvalue weighted by Gasteiger charge is 2.22. The third kappa shape index (κ3) is 3.45. The van der Waals surface area contributed by atoms with Crippen LogP contribution in [0.4, 0.5) is 0 Å². The van der Waals surface area contributed by atoms with Gasteiger partial charge >= 0.3 is 0 Å². The summed E-state index contributed by atoms with van der Waals surface area (Å²) in [7, 11) is 0. The Morgan fingerprint density at radius 3 is 2.53 bits per heavy atom. The number of hydrogen-bond acceptors (Lipinski definition) is 3. The number of hydrogen-bond donors (Lipinski definition) is 1. The van der Waals surface area contributed by atoms with E-state index in [2.05, 4.69) is 11.8 Å². The molecule has 0 aliphatic carbocycles. The standard InChI is InChI=1S/C14H22N2O/c1-12(17-14-5-3-2-4-6-14)16-9-7-13(11-15)8-10-16/h2-6,12-13H,7-11,15H2,1H3. The summed E-state index contributed by atoms with van der Waals surface area (Å²) in [6.45, 7) is 5.13. The maximum absolute atomic E-state index is 5.92. The van der Waals surface area contributed by atoms with E-state index in [1.54, 1.807) is 0 Å². The van der Waals surface area contributed by atoms with E-state index in [0.29, 0.717) is 5.92 Å². The normalized spacial score (nSPS) is 20.1. The fourth-order valence-electron chi connectivity index (χ4n) is 2.32. The van der Waals surface area contributed by atoms with Crippen LogP contribution in [0, 0.1) is 5.92 Å². The maximum Gasteiger partial charge on any atom is 0.149 e. The summed E-state index contributed by atoms with van der Waals surface area (Å²) in [6.07, 6.45) is 2.54. The Kier molecular flexibility index (Phi) is 4.40. The van der Waals surface area contributed by atoms with Crippen molar-refractivity contribution in [3.63, 3.8) is 0 Å². The lowest BCUT2D eigenvalue weighted by Gasteiger charge is -2.35. The molecule has 3 nitrogen and oxygen atoms in total. The van der Waals surface area contributed by atoms with Crippen molar-refractivity contribution < 1.29 is 4.74 Å². The molecule has 1 fully saturated rings. The molecule has 1 aliphatic heterocycles. The molecule has 0 saturated carbocycles. The van der Waals surface area contributed by atoms with Crippen molar-refractivity contribution in [2.45, 2.75) is 26.0 Å². The van der Waals surface area contributed by atoms with Crippen LogP contribution in [0.15, 0.2) is 30.3 Å². The monoisotopic (exact) mass is 234 g/mol. The quantitative estimate of drug-likeness (QED) is 0.867. The van der Waals surface area contributed by atoms with Crippen molar-refractivity contribution in [3.8, 4) is 5.75 Å². The molecule has 0 radical (unpaired) electrons. The van der Waals surface area contributed by atoms with Gasteiger partial charge in [0.1, 0.15) is 12.0 Å². The Bertz CT molecular complexity index is 320. The van der Waals surface area contributed by atoms with Crippen LogP contribution >= 0.6 is 0 Å². The van der Waals surface area contributed by atoms with Crippen LogP contribution in [0.2, 0.25) is 0 Å². The van der Waals surface area contributed by atoms with Gasteiger partial charge in [-0.25, -0.2) is 0 Å². The second-order valence-corrected chi connectivity index (χ2v) is 4.75. The highest BCUT2D eigenvalue weighted by molar-refractivity contribution is 5.21. The average molecular weight is 234 g/mol. The number of piperidine rings is 1. The zero-order chi connectivity index (χ0) is 12.1. The van der Waals surface area contributed by atoms with Crippen molar-refractivity contribution >= 4 is 0 Å². The number of likely N-dealkylation sites (tertiary alicyclic amines) is 1. The van der Waals surface area contributed by atoms with Crippen LogP contribution in [-0.4, -0.2) is 30.8 Å². The zero-order valence-corrected chi connectivity index (χ0v) is 10.5. The SMILES string of the molecule is CC(Oc1ccccc1)N1CCC(CN)CC1. The Morgan fingerprint density at radius 1 is 1.29 bits per heavy atom. The van der Waals surface area contributed by atoms with Gasteiger partial charge in [-0.2, -0.15) is 0 Å². The van der Waals surface area contributed by atoms with E-state index in [9.17, 15) is 0 Å². The van der Waals surface area contributed by atoms with E-state index in [1.165, 1.54) is 12.8 Å². The van der Waals surface area contributed by atoms with E-state index in [0.717, 1.165) is 25.4 Å². The number of benzene rings is 1. The lowest BCUT2D eigenvalue weighted by molar-refractivity contribution is 0.0159. The summed E-state index contributed by atoms with van der Waals surface area (Å²) in [5, 5.41) is 0. The molecular weight excluding hydrogens is 212 g/mol. The Balaban J connectivity index is 1.83. The van der Waals surface area contributed by atoms with Crippen LogP contribution in [0.1, 0.15) is 19.8 Å². The van der Waals surface area contributed by atoms with Crippen molar-refractivity contribution in [1.29, 1.82) is 0 Å². The highest BCUT2D eigenvalue weighted by atomic mass is 16.5. The van der Waals surface area contributed by atoms with Crippen molar-refractivity contribution in [2.75, 3.05) is 19.6 Å². The van der Waals surface area contributed by atoms with Crippen molar-refractivity contribution in [3.05, 3.63) is 30.3 Å². The van der Waals surface area contributed by atoms with Gasteiger partial charge in [-0.15, -0.1) is 0 Å². The molecule has 2 N–H and O–H groups in total. The van der Waals surface area contributed by atoms with Crippen LogP contribution < -0.4 is 10.5 Å². The van der Waals surface area contributed by atoms with Gasteiger partial charge in [-0.3, -0.25) is 4.90 Å². The van der Waals surface area contributed by atoms with Gasteiger partial charge in [0.05, 0.1) is 0 Å². The average Bonchev–Trinajstić information content (AvgIpc) is 2.40. The number of ether oxygens (including phenoxy) is 1. The molecule has 94 valence electrons. The largest absolute Gasteiger partial charge is 0.475 e. The van der Waals surface area contributed by atoms with Crippen LogP contribution in [0.3, 0.4) is 0 Å². The van der Waals surface area contributed by atoms with E-state index in [-0.39, 0.29) is 6.23 Å². The first-order valence-electron chi connectivity index (χ1n) is 6.45. The number of nitrogens with zero attached hydrogens (tertiary/aromatic N) is 1. The summed E-state index contributed by atoms with van der Waals surface area (Å²) < 4.78 is 5.92. The number of rotatable bonds is 4. The molecule has 1 aliphatic rings. The summed E-state index contributed by atoms with van der Waals surface area (Å²) in [4.78, 5) is 2.39. The summed E-state index contributed by atoms with van der Waals surface area (Å²) >= 11 is 0. The molecule has 0 aromatic heterocycles. The summed E-state index contributed by atoms with van der Waals surface area (Å²) in [5.41, 5.74) is 5.70. The van der Waals surface area contributed by atoms with E-state index >= 15 is 0 Å². The summed E-state index contributed by atoms with van der Waals surface area (Å²) in [6, 6.07) is 10.0. The first-order valence-corrected chi connectivity index (χ1v) is 6.45. The molecule has 0 bridgehead atoms. The smallest absolute Gasteiger partial charge is 0.149 e. The Labute approximate surface area is 104 Å². The van der Waals surface area contributed by atoms with Gasteiger partial charge < -0.3 is 10.5 Å². The first-order chi connectivity index (χ1) is 8.29. The fraction of sp³-hybridized carbons (Fsp3) is 0.571. The molecule has 1 heterocycles. The Hall–Kier alpha value is -1.06. The summed E-state index contributed by atoms with van der Waals surface area (Å²) in [5.74, 6) is 1.65. The molecular formula is C14H22N2O. The second-order valence-electron chi connectivity index (χ2n) is 4.75. The molecule has 0 amide bonds. The first kappa shape index (κ1) is 12.4. The number of nitrogens with two attached hydrogens (primary N) is 1. The molecule has 2 rings (SSSR count). The molecule has 1 unspecified atom stereocenters. The minimum absolute atomic E-state index is 0.149. The molecule has 17 heavy (non-hydrogen) atoms. The van der Waals surface area contributed by atoms with Crippen molar-refractivity contribution in [2.24, 2.45) is 11.7 Å². The van der Waals surface area contributed by atoms with Gasteiger partial charge in [0, 0.05) is 13.1 Å². The maximum atomic E-state index is 5.92. The van der Waals surface area contributed by atoms with Gasteiger partial charge in [0.2, 0.25) is 0 Å². The van der Waals surface area contributed by atoms with E-state index < -0.39 is 0 Å². The lowest BCUT2D eigenvalue weighted by atomic mass is 9.97. The predicted molar refractivity (Wildman–Crippen MR) is 69.9 cm³/mol. The van der Waals surface area contributed by atoms with Crippen molar-refractivity contribution in [1.82, 2.24) is 4.90 Å². The molecule has 3 heteroatoms. The van der Waals surface area contributed by atoms with Crippen LogP contribution in [-0.2, 0) is 0 Å². The molecule has 1 atom stereocenters.